The van der Waals surface area contributed by atoms with E-state index in [1.54, 1.807) is 0 Å². The maximum atomic E-state index is 10.5. The number of imidazole rings is 1. The van der Waals surface area contributed by atoms with E-state index in [9.17, 15) is 5.11 Å². The number of benzene rings is 2. The molecule has 4 nitrogen and oxygen atoms in total. The zero-order valence-electron chi connectivity index (χ0n) is 15.1. The molecule has 0 amide bonds. The fourth-order valence-electron chi connectivity index (χ4n) is 2.90. The highest BCUT2D eigenvalue weighted by Gasteiger charge is 2.17. The highest BCUT2D eigenvalue weighted by Crippen LogP contribution is 2.26. The summed E-state index contributed by atoms with van der Waals surface area (Å²) in [6, 6.07) is 13.6. The Hall–Kier alpha value is -1.75. The Morgan fingerprint density at radius 3 is 2.62 bits per heavy atom. The van der Waals surface area contributed by atoms with Crippen LogP contribution in [0, 0.1) is 6.92 Å². The normalized spacial score (nSPS) is 12.2. The van der Waals surface area contributed by atoms with Crippen LogP contribution in [-0.4, -0.2) is 27.4 Å². The van der Waals surface area contributed by atoms with Crippen LogP contribution in [0.15, 0.2) is 42.5 Å². The van der Waals surface area contributed by atoms with E-state index >= 15 is 0 Å². The summed E-state index contributed by atoms with van der Waals surface area (Å²) in [6.45, 7) is 6.78. The average molecular weight is 395 g/mol. The summed E-state index contributed by atoms with van der Waals surface area (Å²) in [4.78, 5) is 4.70. The van der Waals surface area contributed by atoms with Gasteiger partial charge in [-0.25, -0.2) is 4.98 Å². The second-order valence-electron chi connectivity index (χ2n) is 6.62. The lowest BCUT2D eigenvalue weighted by molar-refractivity contribution is 0.0926. The number of nitrogens with zero attached hydrogens (tertiary/aromatic N) is 2. The molecule has 0 fully saturated rings. The first-order chi connectivity index (χ1) is 12.0. The van der Waals surface area contributed by atoms with Crippen LogP contribution in [-0.2, 0) is 6.54 Å². The molecule has 6 heteroatoms. The minimum atomic E-state index is -0.660. The van der Waals surface area contributed by atoms with Crippen molar-refractivity contribution in [3.8, 4) is 5.75 Å². The zero-order valence-corrected chi connectivity index (χ0v) is 16.7. The van der Waals surface area contributed by atoms with E-state index in [1.807, 2.05) is 49.4 Å². The molecule has 1 heterocycles. The summed E-state index contributed by atoms with van der Waals surface area (Å²) >= 11 is 6.18. The van der Waals surface area contributed by atoms with Crippen LogP contribution in [0.25, 0.3) is 11.0 Å². The van der Waals surface area contributed by atoms with Crippen LogP contribution in [0.3, 0.4) is 0 Å². The van der Waals surface area contributed by atoms with Crippen LogP contribution < -0.4 is 4.74 Å². The summed E-state index contributed by atoms with van der Waals surface area (Å²) in [5.41, 5.74) is 3.05. The van der Waals surface area contributed by atoms with Gasteiger partial charge in [-0.15, -0.1) is 12.4 Å². The maximum Gasteiger partial charge on any atom is 0.138 e. The SMILES string of the molecule is Cc1ccc(OCC(O)Cn2c(C(C)C)nc3ccccc32)c(Cl)c1.Cl. The van der Waals surface area contributed by atoms with E-state index in [1.165, 1.54) is 0 Å². The second kappa shape index (κ2) is 8.76. The number of aromatic nitrogens is 2. The molecule has 0 radical (unpaired) electrons. The molecule has 3 rings (SSSR count). The van der Waals surface area contributed by atoms with Crippen molar-refractivity contribution < 1.29 is 9.84 Å². The zero-order chi connectivity index (χ0) is 18.0. The monoisotopic (exact) mass is 394 g/mol. The third-order valence-electron chi connectivity index (χ3n) is 4.11. The first-order valence-electron chi connectivity index (χ1n) is 8.48. The minimum absolute atomic E-state index is 0. The molecule has 0 bridgehead atoms. The first kappa shape index (κ1) is 20.6. The van der Waals surface area contributed by atoms with Gasteiger partial charge in [0, 0.05) is 5.92 Å². The van der Waals surface area contributed by atoms with Crippen molar-refractivity contribution >= 4 is 35.0 Å². The van der Waals surface area contributed by atoms with Gasteiger partial charge in [0.2, 0.25) is 0 Å². The molecule has 0 aliphatic heterocycles. The third-order valence-corrected chi connectivity index (χ3v) is 4.41. The Morgan fingerprint density at radius 2 is 1.92 bits per heavy atom. The molecule has 0 spiro atoms. The molecule has 1 aromatic heterocycles. The summed E-state index contributed by atoms with van der Waals surface area (Å²) in [6.07, 6.45) is -0.660. The van der Waals surface area contributed by atoms with Gasteiger partial charge >= 0.3 is 0 Å². The number of hydrogen-bond donors (Lipinski definition) is 1. The largest absolute Gasteiger partial charge is 0.489 e. The lowest BCUT2D eigenvalue weighted by Gasteiger charge is -2.17. The number of aryl methyl sites for hydroxylation is 1. The number of hydrogen-bond acceptors (Lipinski definition) is 3. The number of para-hydroxylation sites is 2. The topological polar surface area (TPSA) is 47.3 Å². The Kier molecular flexibility index (Phi) is 6.93. The van der Waals surface area contributed by atoms with E-state index in [4.69, 9.17) is 21.3 Å². The van der Waals surface area contributed by atoms with E-state index in [0.29, 0.717) is 17.3 Å². The number of aliphatic hydroxyl groups excluding tert-OH is 1. The quantitative estimate of drug-likeness (QED) is 0.640. The molecule has 1 atom stereocenters. The van der Waals surface area contributed by atoms with E-state index < -0.39 is 6.10 Å². The Bertz CT molecular complexity index is 877. The Labute approximate surface area is 165 Å². The van der Waals surface area contributed by atoms with Gasteiger partial charge in [-0.2, -0.15) is 0 Å². The first-order valence-corrected chi connectivity index (χ1v) is 8.85. The van der Waals surface area contributed by atoms with E-state index in [2.05, 4.69) is 18.4 Å². The highest BCUT2D eigenvalue weighted by atomic mass is 35.5. The van der Waals surface area contributed by atoms with E-state index in [0.717, 1.165) is 22.4 Å². The van der Waals surface area contributed by atoms with Crippen LogP contribution in [0.2, 0.25) is 5.02 Å². The highest BCUT2D eigenvalue weighted by molar-refractivity contribution is 6.32. The molecule has 0 saturated heterocycles. The number of halogens is 2. The molecular weight excluding hydrogens is 371 g/mol. The molecule has 1 N–H and O–H groups in total. The smallest absolute Gasteiger partial charge is 0.138 e. The number of ether oxygens (including phenoxy) is 1. The van der Waals surface area contributed by atoms with Crippen LogP contribution in [0.5, 0.6) is 5.75 Å². The molecular formula is C20H24Cl2N2O2. The number of rotatable bonds is 6. The molecule has 0 aliphatic rings. The van der Waals surface area contributed by atoms with Crippen molar-refractivity contribution in [1.29, 1.82) is 0 Å². The fourth-order valence-corrected chi connectivity index (χ4v) is 3.19. The van der Waals surface area contributed by atoms with Gasteiger partial charge in [-0.05, 0) is 36.8 Å². The molecule has 1 unspecified atom stereocenters. The summed E-state index contributed by atoms with van der Waals surface area (Å²) in [5, 5.41) is 11.0. The summed E-state index contributed by atoms with van der Waals surface area (Å²) in [7, 11) is 0. The van der Waals surface area contributed by atoms with Gasteiger partial charge in [0.05, 0.1) is 22.6 Å². The summed E-state index contributed by atoms with van der Waals surface area (Å²) < 4.78 is 7.77. The molecule has 26 heavy (non-hydrogen) atoms. The van der Waals surface area contributed by atoms with Crippen LogP contribution in [0.4, 0.5) is 0 Å². The predicted octanol–water partition coefficient (Wildman–Crippen LogP) is 4.98. The lowest BCUT2D eigenvalue weighted by Crippen LogP contribution is -2.25. The Morgan fingerprint density at radius 1 is 1.19 bits per heavy atom. The van der Waals surface area contributed by atoms with Crippen molar-refractivity contribution in [2.75, 3.05) is 6.61 Å². The fraction of sp³-hybridized carbons (Fsp3) is 0.350. The average Bonchev–Trinajstić information content (AvgIpc) is 2.93. The summed E-state index contributed by atoms with van der Waals surface area (Å²) in [5.74, 6) is 1.83. The minimum Gasteiger partial charge on any atom is -0.489 e. The van der Waals surface area contributed by atoms with E-state index in [-0.39, 0.29) is 24.9 Å². The van der Waals surface area contributed by atoms with Crippen molar-refractivity contribution in [1.82, 2.24) is 9.55 Å². The van der Waals surface area contributed by atoms with Gasteiger partial charge < -0.3 is 14.4 Å². The Balaban J connectivity index is 0.00000243. The van der Waals surface area contributed by atoms with Crippen molar-refractivity contribution in [3.05, 3.63) is 58.9 Å². The standard InChI is InChI=1S/C20H23ClN2O2.ClH/c1-13(2)20-22-17-6-4-5-7-18(17)23(20)11-15(24)12-25-19-9-8-14(3)10-16(19)21;/h4-10,13,15,24H,11-12H2,1-3H3;1H. The molecule has 0 aliphatic carbocycles. The molecule has 2 aromatic carbocycles. The van der Waals surface area contributed by atoms with Crippen LogP contribution >= 0.6 is 24.0 Å². The van der Waals surface area contributed by atoms with Crippen LogP contribution in [0.1, 0.15) is 31.2 Å². The number of fused-ring (bicyclic) bond motifs is 1. The van der Waals surface area contributed by atoms with Gasteiger partial charge in [0.25, 0.3) is 0 Å². The molecule has 3 aromatic rings. The van der Waals surface area contributed by atoms with Gasteiger partial charge in [0.1, 0.15) is 24.3 Å². The lowest BCUT2D eigenvalue weighted by atomic mass is 10.2. The second-order valence-corrected chi connectivity index (χ2v) is 7.03. The van der Waals surface area contributed by atoms with Crippen molar-refractivity contribution in [2.24, 2.45) is 0 Å². The third kappa shape index (κ3) is 4.50. The van der Waals surface area contributed by atoms with Crippen molar-refractivity contribution in [3.63, 3.8) is 0 Å². The predicted molar refractivity (Wildman–Crippen MR) is 109 cm³/mol. The number of aliphatic hydroxyl groups is 1. The maximum absolute atomic E-state index is 10.5. The molecule has 140 valence electrons. The van der Waals surface area contributed by atoms with Gasteiger partial charge in [-0.1, -0.05) is 43.6 Å². The molecule has 0 saturated carbocycles. The van der Waals surface area contributed by atoms with Gasteiger partial charge in [-0.3, -0.25) is 0 Å². The van der Waals surface area contributed by atoms with Crippen molar-refractivity contribution in [2.45, 2.75) is 39.3 Å². The van der Waals surface area contributed by atoms with Gasteiger partial charge in [0.15, 0.2) is 0 Å².